The Morgan fingerprint density at radius 1 is 1.30 bits per heavy atom. The maximum Gasteiger partial charge on any atom is 0.191 e. The van der Waals surface area contributed by atoms with E-state index in [9.17, 15) is 8.78 Å². The van der Waals surface area contributed by atoms with Crippen LogP contribution in [0.1, 0.15) is 37.7 Å². The standard InChI is InChI=1S/C17H23F2N3S/c1-2-20-17(21-11-5-4-8-23-10-11)22-15-9-12(15)16-13(18)6-3-7-14(16)19/h3,6-7,11-12,15H,2,4-5,8-10H2,1H3,(H2,20,21,22). The van der Waals surface area contributed by atoms with Gasteiger partial charge in [0.15, 0.2) is 5.96 Å². The van der Waals surface area contributed by atoms with Crippen molar-refractivity contribution >= 4 is 17.7 Å². The molecule has 0 spiro atoms. The highest BCUT2D eigenvalue weighted by Crippen LogP contribution is 2.43. The molecule has 0 radical (unpaired) electrons. The zero-order chi connectivity index (χ0) is 16.2. The molecule has 1 saturated heterocycles. The number of hydrogen-bond acceptors (Lipinski definition) is 2. The highest BCUT2D eigenvalue weighted by Gasteiger charge is 2.42. The fourth-order valence-electron chi connectivity index (χ4n) is 3.05. The van der Waals surface area contributed by atoms with Crippen LogP contribution in [0, 0.1) is 11.6 Å². The third kappa shape index (κ3) is 4.16. The molecule has 1 aliphatic heterocycles. The summed E-state index contributed by atoms with van der Waals surface area (Å²) in [5.41, 5.74) is 0.203. The van der Waals surface area contributed by atoms with Gasteiger partial charge in [0.05, 0.1) is 0 Å². The normalized spacial score (nSPS) is 27.6. The van der Waals surface area contributed by atoms with Gasteiger partial charge < -0.3 is 10.6 Å². The molecule has 0 amide bonds. The number of rotatable bonds is 4. The van der Waals surface area contributed by atoms with Gasteiger partial charge in [0.25, 0.3) is 0 Å². The summed E-state index contributed by atoms with van der Waals surface area (Å²) in [7, 11) is 0. The summed E-state index contributed by atoms with van der Waals surface area (Å²) in [6.07, 6.45) is 3.10. The molecular formula is C17H23F2N3S. The van der Waals surface area contributed by atoms with Gasteiger partial charge in [-0.25, -0.2) is 8.78 Å². The second-order valence-corrected chi connectivity index (χ2v) is 7.26. The van der Waals surface area contributed by atoms with Crippen LogP contribution in [0.4, 0.5) is 8.78 Å². The molecule has 1 aromatic rings. The Kier molecular flexibility index (Phi) is 5.41. The number of halogens is 2. The van der Waals surface area contributed by atoms with E-state index in [-0.39, 0.29) is 17.5 Å². The van der Waals surface area contributed by atoms with E-state index >= 15 is 0 Å². The molecule has 23 heavy (non-hydrogen) atoms. The van der Waals surface area contributed by atoms with Gasteiger partial charge in [-0.3, -0.25) is 4.99 Å². The molecule has 3 rings (SSSR count). The van der Waals surface area contributed by atoms with Crippen molar-refractivity contribution in [2.75, 3.05) is 18.1 Å². The van der Waals surface area contributed by atoms with Crippen LogP contribution in [0.5, 0.6) is 0 Å². The van der Waals surface area contributed by atoms with E-state index in [0.29, 0.717) is 12.6 Å². The Balaban J connectivity index is 1.60. The Morgan fingerprint density at radius 3 is 2.74 bits per heavy atom. The first-order chi connectivity index (χ1) is 11.2. The third-order valence-corrected chi connectivity index (χ3v) is 5.52. The van der Waals surface area contributed by atoms with Crippen LogP contribution in [-0.4, -0.2) is 36.1 Å². The van der Waals surface area contributed by atoms with Crippen LogP contribution < -0.4 is 10.6 Å². The lowest BCUT2D eigenvalue weighted by Crippen LogP contribution is -2.46. The van der Waals surface area contributed by atoms with Crippen molar-refractivity contribution in [2.24, 2.45) is 4.99 Å². The maximum absolute atomic E-state index is 13.9. The number of benzene rings is 1. The predicted octanol–water partition coefficient (Wildman–Crippen LogP) is 3.27. The molecule has 1 aromatic carbocycles. The summed E-state index contributed by atoms with van der Waals surface area (Å²) in [5.74, 6) is 2.06. The summed E-state index contributed by atoms with van der Waals surface area (Å²) in [5, 5.41) is 6.80. The Morgan fingerprint density at radius 2 is 2.09 bits per heavy atom. The van der Waals surface area contributed by atoms with E-state index in [2.05, 4.69) is 15.6 Å². The van der Waals surface area contributed by atoms with Crippen molar-refractivity contribution in [3.8, 4) is 0 Å². The van der Waals surface area contributed by atoms with E-state index in [1.54, 1.807) is 0 Å². The summed E-state index contributed by atoms with van der Waals surface area (Å²) in [4.78, 5) is 4.47. The van der Waals surface area contributed by atoms with Gasteiger partial charge in [0.2, 0.25) is 0 Å². The highest BCUT2D eigenvalue weighted by atomic mass is 32.2. The maximum atomic E-state index is 13.9. The largest absolute Gasteiger partial charge is 0.353 e. The molecule has 2 aliphatic rings. The molecule has 1 heterocycles. The van der Waals surface area contributed by atoms with E-state index in [0.717, 1.165) is 24.6 Å². The molecule has 1 saturated carbocycles. The Hall–Kier alpha value is -1.30. The number of nitrogens with one attached hydrogen (secondary N) is 2. The lowest BCUT2D eigenvalue weighted by Gasteiger charge is -2.25. The number of guanidine groups is 1. The van der Waals surface area contributed by atoms with Gasteiger partial charge >= 0.3 is 0 Å². The van der Waals surface area contributed by atoms with Crippen molar-refractivity contribution in [3.05, 3.63) is 35.4 Å². The topological polar surface area (TPSA) is 36.4 Å². The Bertz CT molecular complexity index is 553. The summed E-state index contributed by atoms with van der Waals surface area (Å²) in [6, 6.07) is 4.54. The second-order valence-electron chi connectivity index (χ2n) is 6.11. The predicted molar refractivity (Wildman–Crippen MR) is 92.1 cm³/mol. The van der Waals surface area contributed by atoms with Crippen molar-refractivity contribution in [2.45, 2.75) is 44.2 Å². The fourth-order valence-corrected chi connectivity index (χ4v) is 4.13. The first-order valence-corrected chi connectivity index (χ1v) is 9.43. The van der Waals surface area contributed by atoms with Gasteiger partial charge in [-0.1, -0.05) is 6.07 Å². The van der Waals surface area contributed by atoms with Crippen molar-refractivity contribution in [3.63, 3.8) is 0 Å². The minimum atomic E-state index is -0.454. The number of hydrogen-bond donors (Lipinski definition) is 2. The Labute approximate surface area is 140 Å². The van der Waals surface area contributed by atoms with E-state index in [1.165, 1.54) is 30.4 Å². The minimum absolute atomic E-state index is 0.0513. The first kappa shape index (κ1) is 16.6. The zero-order valence-electron chi connectivity index (χ0n) is 13.3. The molecular weight excluding hydrogens is 316 g/mol. The highest BCUT2D eigenvalue weighted by molar-refractivity contribution is 7.99. The monoisotopic (exact) mass is 339 g/mol. The van der Waals surface area contributed by atoms with E-state index < -0.39 is 11.6 Å². The molecule has 3 nitrogen and oxygen atoms in total. The minimum Gasteiger partial charge on any atom is -0.353 e. The molecule has 2 N–H and O–H groups in total. The number of aliphatic imine (C=N–C) groups is 1. The number of nitrogens with zero attached hydrogens (tertiary/aromatic N) is 1. The molecule has 126 valence electrons. The molecule has 1 aliphatic carbocycles. The number of thioether (sulfide) groups is 1. The van der Waals surface area contributed by atoms with Gasteiger partial charge in [0.1, 0.15) is 11.6 Å². The lowest BCUT2D eigenvalue weighted by atomic mass is 10.1. The average Bonchev–Trinajstić information content (AvgIpc) is 3.27. The molecule has 2 fully saturated rings. The van der Waals surface area contributed by atoms with Crippen LogP contribution in [0.2, 0.25) is 0 Å². The fraction of sp³-hybridized carbons (Fsp3) is 0.588. The van der Waals surface area contributed by atoms with Gasteiger partial charge in [-0.2, -0.15) is 11.8 Å². The van der Waals surface area contributed by atoms with Crippen LogP contribution in [0.25, 0.3) is 0 Å². The van der Waals surface area contributed by atoms with Crippen LogP contribution in [-0.2, 0) is 0 Å². The molecule has 0 bridgehead atoms. The first-order valence-electron chi connectivity index (χ1n) is 8.28. The summed E-state index contributed by atoms with van der Waals surface area (Å²) >= 11 is 1.95. The van der Waals surface area contributed by atoms with Crippen LogP contribution >= 0.6 is 11.8 Å². The molecule has 0 aromatic heterocycles. The van der Waals surface area contributed by atoms with Crippen molar-refractivity contribution in [1.29, 1.82) is 0 Å². The van der Waals surface area contributed by atoms with Crippen molar-refractivity contribution in [1.82, 2.24) is 10.6 Å². The van der Waals surface area contributed by atoms with Crippen LogP contribution in [0.15, 0.2) is 23.2 Å². The third-order valence-electron chi connectivity index (χ3n) is 4.30. The molecule has 6 heteroatoms. The van der Waals surface area contributed by atoms with Gasteiger partial charge in [-0.15, -0.1) is 0 Å². The van der Waals surface area contributed by atoms with E-state index in [1.807, 2.05) is 18.7 Å². The zero-order valence-corrected chi connectivity index (χ0v) is 14.1. The quantitative estimate of drug-likeness (QED) is 0.653. The molecule has 3 unspecified atom stereocenters. The van der Waals surface area contributed by atoms with E-state index in [4.69, 9.17) is 0 Å². The second kappa shape index (κ2) is 7.51. The average molecular weight is 339 g/mol. The van der Waals surface area contributed by atoms with Gasteiger partial charge in [-0.05, 0) is 44.1 Å². The van der Waals surface area contributed by atoms with Crippen LogP contribution in [0.3, 0.4) is 0 Å². The lowest BCUT2D eigenvalue weighted by molar-refractivity contribution is 0.551. The molecule has 3 atom stereocenters. The smallest absolute Gasteiger partial charge is 0.191 e. The van der Waals surface area contributed by atoms with Crippen molar-refractivity contribution < 1.29 is 8.78 Å². The summed E-state index contributed by atoms with van der Waals surface area (Å²) in [6.45, 7) is 2.67. The van der Waals surface area contributed by atoms with Gasteiger partial charge in [0, 0.05) is 35.9 Å². The summed E-state index contributed by atoms with van der Waals surface area (Å²) < 4.78 is 27.7. The SMILES string of the molecule is CCN=C(NC1CCCSC1)NC1CC1c1c(F)cccc1F.